The number of guanidine groups is 1. The van der Waals surface area contributed by atoms with Gasteiger partial charge in [-0.25, -0.2) is 0 Å². The number of hydrogen-bond acceptors (Lipinski definition) is 2. The van der Waals surface area contributed by atoms with E-state index >= 15 is 0 Å². The van der Waals surface area contributed by atoms with Crippen molar-refractivity contribution in [3.8, 4) is 0 Å². The molecule has 0 aromatic heterocycles. The molecule has 4 aromatic carbocycles. The molecule has 180 valence electrons. The molecule has 4 aromatic rings. The zero-order valence-corrected chi connectivity index (χ0v) is 21.7. The van der Waals surface area contributed by atoms with Gasteiger partial charge in [0, 0.05) is 29.0 Å². The van der Waals surface area contributed by atoms with Crippen molar-refractivity contribution in [3.63, 3.8) is 0 Å². The second kappa shape index (κ2) is 10.6. The van der Waals surface area contributed by atoms with Crippen LogP contribution in [0.1, 0.15) is 33.4 Å². The van der Waals surface area contributed by atoms with E-state index in [1.165, 1.54) is 44.2 Å². The van der Waals surface area contributed by atoms with E-state index in [4.69, 9.17) is 4.99 Å². The molecule has 0 amide bonds. The average molecular weight is 465 g/mol. The Kier molecular flexibility index (Phi) is 7.40. The smallest absolute Gasteiger partial charge is 0.200 e. The second-order valence-electron chi connectivity index (χ2n) is 9.48. The van der Waals surface area contributed by atoms with Crippen LogP contribution in [0.5, 0.6) is 0 Å². The number of hydrogen-bond donors (Lipinski definition) is 3. The number of nitrogens with one attached hydrogen (secondary N) is 3. The Hall–Kier alpha value is -3.79. The minimum atomic E-state index is 0.631. The molecule has 0 heterocycles. The van der Waals surface area contributed by atoms with E-state index in [2.05, 4.69) is 124 Å². The first kappa shape index (κ1) is 24.3. The molecule has 0 bridgehead atoms. The number of aryl methyl sites for hydroxylation is 6. The summed E-state index contributed by atoms with van der Waals surface area (Å²) in [6.07, 6.45) is 0. The average Bonchev–Trinajstić information content (AvgIpc) is 2.80. The van der Waals surface area contributed by atoms with Gasteiger partial charge in [0.15, 0.2) is 5.96 Å². The molecule has 35 heavy (non-hydrogen) atoms. The van der Waals surface area contributed by atoms with Crippen LogP contribution in [-0.4, -0.2) is 19.0 Å². The van der Waals surface area contributed by atoms with Gasteiger partial charge >= 0.3 is 0 Å². The summed E-state index contributed by atoms with van der Waals surface area (Å²) in [7, 11) is 0. The van der Waals surface area contributed by atoms with E-state index in [0.29, 0.717) is 6.54 Å². The highest BCUT2D eigenvalue weighted by atomic mass is 15.2. The van der Waals surface area contributed by atoms with Crippen LogP contribution in [0, 0.1) is 41.5 Å². The predicted octanol–water partition coefficient (Wildman–Crippen LogP) is 7.68. The van der Waals surface area contributed by atoms with E-state index in [9.17, 15) is 0 Å². The summed E-state index contributed by atoms with van der Waals surface area (Å²) in [6.45, 7) is 14.2. The molecule has 0 radical (unpaired) electrons. The van der Waals surface area contributed by atoms with Gasteiger partial charge in [0.25, 0.3) is 0 Å². The van der Waals surface area contributed by atoms with Gasteiger partial charge in [0.2, 0.25) is 0 Å². The van der Waals surface area contributed by atoms with Crippen molar-refractivity contribution in [2.75, 3.05) is 29.0 Å². The third-order valence-corrected chi connectivity index (χ3v) is 6.33. The van der Waals surface area contributed by atoms with Gasteiger partial charge in [0.1, 0.15) is 0 Å². The zero-order chi connectivity index (χ0) is 24.9. The molecule has 0 aliphatic carbocycles. The number of anilines is 3. The van der Waals surface area contributed by atoms with Crippen molar-refractivity contribution >= 4 is 33.8 Å². The van der Waals surface area contributed by atoms with Crippen LogP contribution in [0.2, 0.25) is 0 Å². The zero-order valence-electron chi connectivity index (χ0n) is 21.7. The van der Waals surface area contributed by atoms with E-state index in [-0.39, 0.29) is 0 Å². The largest absolute Gasteiger partial charge is 0.383 e. The Balaban J connectivity index is 1.57. The maximum absolute atomic E-state index is 4.95. The van der Waals surface area contributed by atoms with Crippen molar-refractivity contribution in [2.45, 2.75) is 41.5 Å². The van der Waals surface area contributed by atoms with E-state index in [1.807, 2.05) is 0 Å². The number of nitrogens with zero attached hydrogens (tertiary/aromatic N) is 1. The predicted molar refractivity (Wildman–Crippen MR) is 153 cm³/mol. The lowest BCUT2D eigenvalue weighted by atomic mass is 10.0. The van der Waals surface area contributed by atoms with Crippen molar-refractivity contribution in [1.82, 2.24) is 0 Å². The lowest BCUT2D eigenvalue weighted by Gasteiger charge is -2.20. The molecule has 4 heteroatoms. The van der Waals surface area contributed by atoms with Crippen molar-refractivity contribution in [2.24, 2.45) is 4.99 Å². The fraction of sp³-hybridized carbons (Fsp3) is 0.258. The third kappa shape index (κ3) is 5.83. The first-order chi connectivity index (χ1) is 16.8. The number of fused-ring (bicyclic) bond motifs is 1. The van der Waals surface area contributed by atoms with Crippen LogP contribution >= 0.6 is 0 Å². The highest BCUT2D eigenvalue weighted by molar-refractivity contribution is 6.05. The monoisotopic (exact) mass is 464 g/mol. The van der Waals surface area contributed by atoms with Gasteiger partial charge in [-0.15, -0.1) is 0 Å². The Morgan fingerprint density at radius 2 is 1.17 bits per heavy atom. The number of benzene rings is 4. The molecule has 0 aliphatic heterocycles. The minimum absolute atomic E-state index is 0.631. The minimum Gasteiger partial charge on any atom is -0.383 e. The normalized spacial score (nSPS) is 10.8. The molecule has 0 aliphatic rings. The molecule has 0 unspecified atom stereocenters. The Labute approximate surface area is 209 Å². The van der Waals surface area contributed by atoms with Crippen LogP contribution in [0.25, 0.3) is 10.8 Å². The van der Waals surface area contributed by atoms with Gasteiger partial charge in [-0.1, -0.05) is 71.8 Å². The molecular formula is C31H36N4. The summed E-state index contributed by atoms with van der Waals surface area (Å²) >= 11 is 0. The number of rotatable bonds is 6. The third-order valence-electron chi connectivity index (χ3n) is 6.33. The molecule has 4 nitrogen and oxygen atoms in total. The van der Waals surface area contributed by atoms with Gasteiger partial charge in [-0.05, 0) is 75.2 Å². The first-order valence-corrected chi connectivity index (χ1v) is 12.3. The lowest BCUT2D eigenvalue weighted by molar-refractivity contribution is 1.02. The van der Waals surface area contributed by atoms with Gasteiger partial charge in [0.05, 0.1) is 6.54 Å². The molecule has 0 saturated heterocycles. The van der Waals surface area contributed by atoms with Crippen molar-refractivity contribution in [3.05, 3.63) is 100 Å². The van der Waals surface area contributed by atoms with Gasteiger partial charge < -0.3 is 16.0 Å². The van der Waals surface area contributed by atoms with E-state index < -0.39 is 0 Å². The number of aliphatic imine (C=N–C) groups is 1. The Bertz CT molecular complexity index is 1270. The molecular weight excluding hydrogens is 428 g/mol. The summed E-state index contributed by atoms with van der Waals surface area (Å²) in [5, 5.41) is 13.2. The molecule has 0 fully saturated rings. The first-order valence-electron chi connectivity index (χ1n) is 12.3. The standard InChI is InChI=1S/C31H36N4/c1-20-16-22(3)29(23(4)17-20)34-31(35-30-24(5)18-21(2)19-25(30)6)33-15-14-32-28-13-9-11-26-10-7-8-12-27(26)28/h7-13,16-19,32H,14-15H2,1-6H3,(H2,33,34,35). The van der Waals surface area contributed by atoms with Crippen LogP contribution in [0.3, 0.4) is 0 Å². The van der Waals surface area contributed by atoms with E-state index in [0.717, 1.165) is 29.6 Å². The summed E-state index contributed by atoms with van der Waals surface area (Å²) in [5.41, 5.74) is 10.7. The van der Waals surface area contributed by atoms with Crippen LogP contribution < -0.4 is 16.0 Å². The van der Waals surface area contributed by atoms with Crippen LogP contribution in [-0.2, 0) is 0 Å². The SMILES string of the molecule is Cc1cc(C)c(NC(=NCCNc2cccc3ccccc23)Nc2c(C)cc(C)cc2C)c(C)c1. The van der Waals surface area contributed by atoms with Gasteiger partial charge in [-0.2, -0.15) is 0 Å². The summed E-state index contributed by atoms with van der Waals surface area (Å²) < 4.78 is 0. The molecule has 0 atom stereocenters. The maximum atomic E-state index is 4.95. The molecule has 0 saturated carbocycles. The fourth-order valence-electron chi connectivity index (χ4n) is 4.84. The Morgan fingerprint density at radius 3 is 1.74 bits per heavy atom. The quantitative estimate of drug-likeness (QED) is 0.156. The highest BCUT2D eigenvalue weighted by Gasteiger charge is 2.11. The second-order valence-corrected chi connectivity index (χ2v) is 9.48. The summed E-state index contributed by atoms with van der Waals surface area (Å²) in [5.74, 6) is 0.759. The van der Waals surface area contributed by atoms with Gasteiger partial charge in [-0.3, -0.25) is 4.99 Å². The maximum Gasteiger partial charge on any atom is 0.200 e. The van der Waals surface area contributed by atoms with Crippen molar-refractivity contribution < 1.29 is 0 Å². The highest BCUT2D eigenvalue weighted by Crippen LogP contribution is 2.25. The van der Waals surface area contributed by atoms with Crippen molar-refractivity contribution in [1.29, 1.82) is 0 Å². The Morgan fingerprint density at radius 1 is 0.657 bits per heavy atom. The molecule has 0 spiro atoms. The summed E-state index contributed by atoms with van der Waals surface area (Å²) in [6, 6.07) is 23.6. The van der Waals surface area contributed by atoms with Crippen LogP contribution in [0.15, 0.2) is 71.7 Å². The lowest BCUT2D eigenvalue weighted by Crippen LogP contribution is -2.25. The fourth-order valence-corrected chi connectivity index (χ4v) is 4.84. The molecule has 4 rings (SSSR count). The van der Waals surface area contributed by atoms with Crippen LogP contribution in [0.4, 0.5) is 17.1 Å². The molecule has 3 N–H and O–H groups in total. The summed E-state index contributed by atoms with van der Waals surface area (Å²) in [4.78, 5) is 4.95. The topological polar surface area (TPSA) is 48.5 Å². The van der Waals surface area contributed by atoms with E-state index in [1.54, 1.807) is 0 Å².